The summed E-state index contributed by atoms with van der Waals surface area (Å²) >= 11 is 3.38. The Hall–Kier alpha value is -1.30. The fourth-order valence-electron chi connectivity index (χ4n) is 2.75. The Kier molecular flexibility index (Phi) is 4.19. The van der Waals surface area contributed by atoms with Gasteiger partial charge in [0.2, 0.25) is 0 Å². The largest absolute Gasteiger partial charge is 0.489 e. The van der Waals surface area contributed by atoms with Gasteiger partial charge in [-0.3, -0.25) is 9.88 Å². The van der Waals surface area contributed by atoms with Gasteiger partial charge in [-0.1, -0.05) is 20.8 Å². The minimum atomic E-state index is -0.885. The minimum absolute atomic E-state index is 0.197. The summed E-state index contributed by atoms with van der Waals surface area (Å²) in [5, 5.41) is 9.38. The second-order valence-electron chi connectivity index (χ2n) is 6.49. The van der Waals surface area contributed by atoms with Crippen LogP contribution in [0.3, 0.4) is 0 Å². The predicted molar refractivity (Wildman–Crippen MR) is 83.7 cm³/mol. The van der Waals surface area contributed by atoms with Crippen molar-refractivity contribution in [3.63, 3.8) is 0 Å². The predicted octanol–water partition coefficient (Wildman–Crippen LogP) is 3.70. The maximum Gasteiger partial charge on any atom is 0.407 e. The van der Waals surface area contributed by atoms with Crippen molar-refractivity contribution in [3.8, 4) is 5.75 Å². The van der Waals surface area contributed by atoms with Crippen molar-refractivity contribution in [2.45, 2.75) is 39.7 Å². The van der Waals surface area contributed by atoms with Crippen LogP contribution in [0, 0.1) is 12.3 Å². The Bertz CT molecular complexity index is 556. The van der Waals surface area contributed by atoms with E-state index >= 15 is 0 Å². The van der Waals surface area contributed by atoms with E-state index in [-0.39, 0.29) is 5.41 Å². The lowest BCUT2D eigenvalue weighted by atomic mass is 9.66. The number of aromatic nitrogens is 1. The Morgan fingerprint density at radius 2 is 2.24 bits per heavy atom. The molecule has 1 aliphatic heterocycles. The third kappa shape index (κ3) is 2.86. The molecule has 1 aromatic heterocycles. The first-order valence-corrected chi connectivity index (χ1v) is 7.72. The maximum atomic E-state index is 11.4. The van der Waals surface area contributed by atoms with Crippen LogP contribution in [0.4, 0.5) is 4.79 Å². The van der Waals surface area contributed by atoms with Gasteiger partial charge >= 0.3 is 6.09 Å². The summed E-state index contributed by atoms with van der Waals surface area (Å²) in [4.78, 5) is 17.2. The molecule has 0 saturated carbocycles. The van der Waals surface area contributed by atoms with Crippen LogP contribution in [0.1, 0.15) is 32.9 Å². The van der Waals surface area contributed by atoms with E-state index in [0.717, 1.165) is 16.6 Å². The zero-order chi connectivity index (χ0) is 15.8. The molecular weight excluding hydrogens is 336 g/mol. The number of hydrogen-bond donors (Lipinski definition) is 1. The SMILES string of the molecule is Cc1ncc(Br)cc1OCC1(C(C)(C)C)CCN1C(=O)O. The first kappa shape index (κ1) is 16.1. The quantitative estimate of drug-likeness (QED) is 0.896. The number of rotatable bonds is 3. The number of likely N-dealkylation sites (tertiary alicyclic amines) is 1. The van der Waals surface area contributed by atoms with Gasteiger partial charge < -0.3 is 9.84 Å². The molecule has 5 nitrogen and oxygen atoms in total. The molecule has 2 rings (SSSR count). The van der Waals surface area contributed by atoms with Crippen molar-refractivity contribution in [1.82, 2.24) is 9.88 Å². The summed E-state index contributed by atoms with van der Waals surface area (Å²) in [6.45, 7) is 8.93. The third-order valence-electron chi connectivity index (χ3n) is 4.37. The summed E-state index contributed by atoms with van der Waals surface area (Å²) in [6, 6.07) is 1.86. The van der Waals surface area contributed by atoms with Gasteiger partial charge in [0.05, 0.1) is 11.2 Å². The van der Waals surface area contributed by atoms with E-state index in [1.54, 1.807) is 6.20 Å². The van der Waals surface area contributed by atoms with Crippen LogP contribution < -0.4 is 4.74 Å². The van der Waals surface area contributed by atoms with Crippen LogP contribution >= 0.6 is 15.9 Å². The molecule has 0 radical (unpaired) electrons. The molecule has 0 aliphatic carbocycles. The maximum absolute atomic E-state index is 11.4. The highest BCUT2D eigenvalue weighted by atomic mass is 79.9. The summed E-state index contributed by atoms with van der Waals surface area (Å²) in [5.41, 5.74) is 0.105. The summed E-state index contributed by atoms with van der Waals surface area (Å²) in [6.07, 6.45) is 1.64. The number of pyridine rings is 1. The Morgan fingerprint density at radius 1 is 1.57 bits per heavy atom. The second kappa shape index (κ2) is 5.48. The van der Waals surface area contributed by atoms with Gasteiger partial charge in [-0.05, 0) is 40.8 Å². The highest BCUT2D eigenvalue weighted by Gasteiger charge is 2.56. The number of carboxylic acid groups (broad SMARTS) is 1. The molecule has 1 N–H and O–H groups in total. The van der Waals surface area contributed by atoms with Crippen LogP contribution in [-0.2, 0) is 0 Å². The first-order chi connectivity index (χ1) is 9.67. The molecule has 6 heteroatoms. The van der Waals surface area contributed by atoms with Crippen LogP contribution in [0.5, 0.6) is 5.75 Å². The van der Waals surface area contributed by atoms with E-state index in [1.165, 1.54) is 4.90 Å². The summed E-state index contributed by atoms with van der Waals surface area (Å²) in [5.74, 6) is 0.685. The normalized spacial score (nSPS) is 21.9. The molecule has 0 bridgehead atoms. The second-order valence-corrected chi connectivity index (χ2v) is 7.41. The molecule has 1 atom stereocenters. The lowest BCUT2D eigenvalue weighted by Gasteiger charge is -2.58. The number of ether oxygens (including phenoxy) is 1. The molecule has 1 aliphatic rings. The molecule has 116 valence electrons. The van der Waals surface area contributed by atoms with Crippen molar-refractivity contribution in [2.75, 3.05) is 13.2 Å². The molecule has 0 spiro atoms. The molecule has 1 amide bonds. The van der Waals surface area contributed by atoms with Crippen molar-refractivity contribution in [3.05, 3.63) is 22.4 Å². The molecule has 21 heavy (non-hydrogen) atoms. The van der Waals surface area contributed by atoms with Crippen molar-refractivity contribution >= 4 is 22.0 Å². The lowest BCUT2D eigenvalue weighted by Crippen LogP contribution is -2.70. The topological polar surface area (TPSA) is 62.7 Å². The van der Waals surface area contributed by atoms with E-state index in [9.17, 15) is 9.90 Å². The van der Waals surface area contributed by atoms with Crippen LogP contribution in [0.15, 0.2) is 16.7 Å². The smallest absolute Gasteiger partial charge is 0.407 e. The molecule has 1 fully saturated rings. The number of halogens is 1. The number of carbonyl (C=O) groups is 1. The number of nitrogens with zero attached hydrogens (tertiary/aromatic N) is 2. The van der Waals surface area contributed by atoms with Crippen LogP contribution in [0.25, 0.3) is 0 Å². The average Bonchev–Trinajstić information content (AvgIpc) is 2.30. The van der Waals surface area contributed by atoms with E-state index in [1.807, 2.05) is 13.0 Å². The third-order valence-corrected chi connectivity index (χ3v) is 4.80. The molecule has 1 aromatic rings. The standard InChI is InChI=1S/C15H21BrN2O3/c1-10-12(7-11(16)8-17-10)21-9-15(14(2,3)4)5-6-18(15)13(19)20/h7-8H,5-6,9H2,1-4H3,(H,19,20). The molecule has 1 saturated heterocycles. The van der Waals surface area contributed by atoms with Gasteiger partial charge in [0.1, 0.15) is 12.4 Å². The number of hydrogen-bond acceptors (Lipinski definition) is 3. The number of amides is 1. The van der Waals surface area contributed by atoms with Crippen molar-refractivity contribution < 1.29 is 14.6 Å². The van der Waals surface area contributed by atoms with E-state index < -0.39 is 11.6 Å². The molecule has 0 aromatic carbocycles. The zero-order valence-electron chi connectivity index (χ0n) is 12.8. The summed E-state index contributed by atoms with van der Waals surface area (Å²) in [7, 11) is 0. The van der Waals surface area contributed by atoms with E-state index in [4.69, 9.17) is 4.74 Å². The molecule has 2 heterocycles. The lowest BCUT2D eigenvalue weighted by molar-refractivity contribution is -0.0962. The van der Waals surface area contributed by atoms with Gasteiger partial charge in [0, 0.05) is 17.2 Å². The minimum Gasteiger partial charge on any atom is -0.489 e. The Balaban J connectivity index is 2.22. The van der Waals surface area contributed by atoms with Gasteiger partial charge in [-0.25, -0.2) is 4.79 Å². The van der Waals surface area contributed by atoms with E-state index in [2.05, 4.69) is 41.7 Å². The van der Waals surface area contributed by atoms with Gasteiger partial charge in [0.15, 0.2) is 0 Å². The average molecular weight is 357 g/mol. The monoisotopic (exact) mass is 356 g/mol. The van der Waals surface area contributed by atoms with Gasteiger partial charge in [-0.15, -0.1) is 0 Å². The van der Waals surface area contributed by atoms with Crippen LogP contribution in [0.2, 0.25) is 0 Å². The van der Waals surface area contributed by atoms with Gasteiger partial charge in [-0.2, -0.15) is 0 Å². The highest BCUT2D eigenvalue weighted by molar-refractivity contribution is 9.10. The van der Waals surface area contributed by atoms with E-state index in [0.29, 0.717) is 18.9 Å². The Labute approximate surface area is 133 Å². The number of aryl methyl sites for hydroxylation is 1. The van der Waals surface area contributed by atoms with Crippen LogP contribution in [-0.4, -0.2) is 39.8 Å². The molecular formula is C15H21BrN2O3. The summed E-state index contributed by atoms with van der Waals surface area (Å²) < 4.78 is 6.78. The Morgan fingerprint density at radius 3 is 2.71 bits per heavy atom. The highest BCUT2D eigenvalue weighted by Crippen LogP contribution is 2.45. The van der Waals surface area contributed by atoms with Crippen molar-refractivity contribution in [1.29, 1.82) is 0 Å². The molecule has 1 unspecified atom stereocenters. The van der Waals surface area contributed by atoms with Crippen molar-refractivity contribution in [2.24, 2.45) is 5.41 Å². The van der Waals surface area contributed by atoms with Gasteiger partial charge in [0.25, 0.3) is 0 Å². The first-order valence-electron chi connectivity index (χ1n) is 6.93. The fourth-order valence-corrected chi connectivity index (χ4v) is 3.06. The zero-order valence-corrected chi connectivity index (χ0v) is 14.4. The fraction of sp³-hybridized carbons (Fsp3) is 0.600.